The fraction of sp³-hybridized carbons (Fsp3) is 0.222. The summed E-state index contributed by atoms with van der Waals surface area (Å²) in [7, 11) is 1.63. The number of ether oxygens (including phenoxy) is 1. The lowest BCUT2D eigenvalue weighted by atomic mass is 9.90. The van der Waals surface area contributed by atoms with Crippen LogP contribution >= 0.6 is 0 Å². The number of methoxy groups -OCH3 is 1. The molecule has 0 bridgehead atoms. The molecule has 0 saturated heterocycles. The number of anilines is 2. The fourth-order valence-corrected chi connectivity index (χ4v) is 2.78. The Hall–Kier alpha value is -2.66. The lowest BCUT2D eigenvalue weighted by Crippen LogP contribution is -2.30. The first kappa shape index (κ1) is 15.2. The number of nitrogens with one attached hydrogen (secondary N) is 2. The average Bonchev–Trinajstić information content (AvgIpc) is 2.54. The molecular weight excluding hydrogens is 292 g/mol. The lowest BCUT2D eigenvalue weighted by molar-refractivity contribution is -0.123. The highest BCUT2D eigenvalue weighted by atomic mass is 16.5. The highest BCUT2D eigenvalue weighted by Crippen LogP contribution is 2.32. The van der Waals surface area contributed by atoms with Crippen molar-refractivity contribution in [2.24, 2.45) is 0 Å². The van der Waals surface area contributed by atoms with E-state index in [1.807, 2.05) is 48.5 Å². The van der Waals surface area contributed by atoms with Gasteiger partial charge in [0.2, 0.25) is 11.8 Å². The van der Waals surface area contributed by atoms with Crippen LogP contribution in [0.1, 0.15) is 23.5 Å². The SMILES string of the molecule is COCc1cccc(NC(=O)[C@@H]2CC(=O)Nc3ccccc32)c1. The predicted octanol–water partition coefficient (Wildman–Crippen LogP) is 2.90. The van der Waals surface area contributed by atoms with Gasteiger partial charge in [0.1, 0.15) is 0 Å². The monoisotopic (exact) mass is 310 g/mol. The van der Waals surface area contributed by atoms with Crippen molar-refractivity contribution in [2.45, 2.75) is 18.9 Å². The van der Waals surface area contributed by atoms with Crippen molar-refractivity contribution in [1.82, 2.24) is 0 Å². The smallest absolute Gasteiger partial charge is 0.232 e. The summed E-state index contributed by atoms with van der Waals surface area (Å²) in [6.07, 6.45) is 0.153. The van der Waals surface area contributed by atoms with Gasteiger partial charge in [-0.2, -0.15) is 0 Å². The predicted molar refractivity (Wildman–Crippen MR) is 88.2 cm³/mol. The van der Waals surface area contributed by atoms with Gasteiger partial charge in [-0.15, -0.1) is 0 Å². The molecule has 0 aromatic heterocycles. The second kappa shape index (κ2) is 6.62. The van der Waals surface area contributed by atoms with Gasteiger partial charge in [-0.1, -0.05) is 30.3 Å². The number of carbonyl (C=O) groups excluding carboxylic acids is 2. The van der Waals surface area contributed by atoms with Crippen LogP contribution in [0.3, 0.4) is 0 Å². The van der Waals surface area contributed by atoms with Gasteiger partial charge in [0.25, 0.3) is 0 Å². The van der Waals surface area contributed by atoms with Crippen molar-refractivity contribution < 1.29 is 14.3 Å². The summed E-state index contributed by atoms with van der Waals surface area (Å²) >= 11 is 0. The molecule has 0 fully saturated rings. The first-order chi connectivity index (χ1) is 11.2. The molecule has 2 amide bonds. The zero-order chi connectivity index (χ0) is 16.2. The Labute approximate surface area is 134 Å². The standard InChI is InChI=1S/C18H18N2O3/c1-23-11-12-5-4-6-13(9-12)19-18(22)15-10-17(21)20-16-8-3-2-7-14(15)16/h2-9,15H,10-11H2,1H3,(H,19,22)(H,20,21)/t15-/m1/s1. The summed E-state index contributed by atoms with van der Waals surface area (Å²) < 4.78 is 5.10. The number of para-hydroxylation sites is 1. The summed E-state index contributed by atoms with van der Waals surface area (Å²) in [4.78, 5) is 24.4. The van der Waals surface area contributed by atoms with Crippen molar-refractivity contribution in [2.75, 3.05) is 17.7 Å². The Kier molecular flexibility index (Phi) is 4.39. The molecule has 5 heteroatoms. The Morgan fingerprint density at radius 1 is 1.26 bits per heavy atom. The first-order valence-electron chi connectivity index (χ1n) is 7.45. The first-order valence-corrected chi connectivity index (χ1v) is 7.45. The summed E-state index contributed by atoms with van der Waals surface area (Å²) in [6.45, 7) is 0.485. The Morgan fingerprint density at radius 3 is 2.91 bits per heavy atom. The minimum atomic E-state index is -0.481. The molecule has 0 spiro atoms. The largest absolute Gasteiger partial charge is 0.380 e. The number of hydrogen-bond acceptors (Lipinski definition) is 3. The number of rotatable bonds is 4. The summed E-state index contributed by atoms with van der Waals surface area (Å²) in [5, 5.41) is 5.70. The van der Waals surface area contributed by atoms with Gasteiger partial charge in [0, 0.05) is 24.9 Å². The Balaban J connectivity index is 1.81. The maximum Gasteiger partial charge on any atom is 0.232 e. The molecule has 2 aromatic rings. The van der Waals surface area contributed by atoms with Crippen molar-refractivity contribution in [3.8, 4) is 0 Å². The molecule has 23 heavy (non-hydrogen) atoms. The van der Waals surface area contributed by atoms with E-state index in [0.717, 1.165) is 11.1 Å². The van der Waals surface area contributed by atoms with Crippen LogP contribution in [0.4, 0.5) is 11.4 Å². The number of amides is 2. The van der Waals surface area contributed by atoms with E-state index in [1.165, 1.54) is 0 Å². The van der Waals surface area contributed by atoms with Crippen LogP contribution in [0, 0.1) is 0 Å². The highest BCUT2D eigenvalue weighted by molar-refractivity contribution is 6.05. The van der Waals surface area contributed by atoms with Crippen molar-refractivity contribution in [3.05, 3.63) is 59.7 Å². The second-order valence-corrected chi connectivity index (χ2v) is 5.51. The van der Waals surface area contributed by atoms with Crippen LogP contribution in [0.15, 0.2) is 48.5 Å². The molecule has 5 nitrogen and oxygen atoms in total. The fourth-order valence-electron chi connectivity index (χ4n) is 2.78. The number of fused-ring (bicyclic) bond motifs is 1. The van der Waals surface area contributed by atoms with Crippen LogP contribution in [0.5, 0.6) is 0 Å². The average molecular weight is 310 g/mol. The third-order valence-corrected chi connectivity index (χ3v) is 3.82. The molecule has 118 valence electrons. The highest BCUT2D eigenvalue weighted by Gasteiger charge is 2.30. The topological polar surface area (TPSA) is 67.4 Å². The van der Waals surface area contributed by atoms with Crippen molar-refractivity contribution >= 4 is 23.2 Å². The number of benzene rings is 2. The van der Waals surface area contributed by atoms with E-state index < -0.39 is 5.92 Å². The van der Waals surface area contributed by atoms with E-state index in [9.17, 15) is 9.59 Å². The van der Waals surface area contributed by atoms with Crippen LogP contribution in [-0.2, 0) is 20.9 Å². The molecule has 2 aromatic carbocycles. The van der Waals surface area contributed by atoms with Gasteiger partial charge in [-0.25, -0.2) is 0 Å². The molecule has 1 heterocycles. The van der Waals surface area contributed by atoms with Crippen LogP contribution in [0.2, 0.25) is 0 Å². The summed E-state index contributed by atoms with van der Waals surface area (Å²) in [5.41, 5.74) is 3.23. The number of hydrogen-bond donors (Lipinski definition) is 2. The van der Waals surface area contributed by atoms with Crippen molar-refractivity contribution in [3.63, 3.8) is 0 Å². The molecule has 0 radical (unpaired) electrons. The van der Waals surface area contributed by atoms with Crippen molar-refractivity contribution in [1.29, 1.82) is 0 Å². The Morgan fingerprint density at radius 2 is 2.09 bits per heavy atom. The third-order valence-electron chi connectivity index (χ3n) is 3.82. The van der Waals surface area contributed by atoms with Gasteiger partial charge in [0.05, 0.1) is 12.5 Å². The summed E-state index contributed by atoms with van der Waals surface area (Å²) in [6, 6.07) is 14.9. The van der Waals surface area contributed by atoms with E-state index in [-0.39, 0.29) is 18.2 Å². The maximum atomic E-state index is 12.6. The van der Waals surface area contributed by atoms with Crippen LogP contribution < -0.4 is 10.6 Å². The van der Waals surface area contributed by atoms with Gasteiger partial charge in [-0.3, -0.25) is 9.59 Å². The molecular formula is C18H18N2O3. The molecule has 0 aliphatic carbocycles. The second-order valence-electron chi connectivity index (χ2n) is 5.51. The van der Waals surface area contributed by atoms with E-state index in [1.54, 1.807) is 7.11 Å². The van der Waals surface area contributed by atoms with Crippen LogP contribution in [0.25, 0.3) is 0 Å². The minimum Gasteiger partial charge on any atom is -0.380 e. The van der Waals surface area contributed by atoms with Gasteiger partial charge >= 0.3 is 0 Å². The van der Waals surface area contributed by atoms with E-state index in [0.29, 0.717) is 18.0 Å². The van der Waals surface area contributed by atoms with Gasteiger partial charge < -0.3 is 15.4 Å². The molecule has 1 atom stereocenters. The molecule has 3 rings (SSSR count). The maximum absolute atomic E-state index is 12.6. The minimum absolute atomic E-state index is 0.142. The van der Waals surface area contributed by atoms with E-state index in [2.05, 4.69) is 10.6 Å². The molecule has 1 aliphatic heterocycles. The van der Waals surface area contributed by atoms with E-state index in [4.69, 9.17) is 4.74 Å². The zero-order valence-electron chi connectivity index (χ0n) is 12.8. The lowest BCUT2D eigenvalue weighted by Gasteiger charge is -2.24. The quantitative estimate of drug-likeness (QED) is 0.912. The third kappa shape index (κ3) is 3.40. The number of carbonyl (C=O) groups is 2. The molecule has 1 aliphatic rings. The normalized spacial score (nSPS) is 16.4. The summed E-state index contributed by atoms with van der Waals surface area (Å²) in [5.74, 6) is -0.801. The molecule has 0 unspecified atom stereocenters. The molecule has 2 N–H and O–H groups in total. The van der Waals surface area contributed by atoms with E-state index >= 15 is 0 Å². The van der Waals surface area contributed by atoms with Gasteiger partial charge in [0.15, 0.2) is 0 Å². The Bertz CT molecular complexity index is 743. The molecule has 0 saturated carbocycles. The van der Waals surface area contributed by atoms with Gasteiger partial charge in [-0.05, 0) is 29.3 Å². The zero-order valence-corrected chi connectivity index (χ0v) is 12.8. The van der Waals surface area contributed by atoms with Crippen LogP contribution in [-0.4, -0.2) is 18.9 Å².